The lowest BCUT2D eigenvalue weighted by molar-refractivity contribution is -0.131. The summed E-state index contributed by atoms with van der Waals surface area (Å²) in [5.41, 5.74) is 19.9. The van der Waals surface area contributed by atoms with E-state index in [1.54, 1.807) is 30.3 Å². The van der Waals surface area contributed by atoms with Gasteiger partial charge >= 0.3 is 0 Å². The van der Waals surface area contributed by atoms with Gasteiger partial charge in [-0.2, -0.15) is 0 Å². The van der Waals surface area contributed by atoms with Crippen LogP contribution in [0.2, 0.25) is 1.41 Å². The number of hydrogen-bond acceptors (Lipinski definition) is 8. The SMILES string of the molecule is [2H]N[C@@H](Cc1ccc(O)cc1)C(=O)N[C@@H](CCCN=C(N)N)C(=O)N[C@@H](Cc1ccc(OC)c(OC)c1)C(N)=O. The number of amides is 3. The van der Waals surface area contributed by atoms with Gasteiger partial charge < -0.3 is 48.1 Å². The molecule has 0 unspecified atom stereocenters. The molecular weight excluding hydrogens is 506 g/mol. The molecule has 0 aliphatic rings. The van der Waals surface area contributed by atoms with E-state index in [9.17, 15) is 19.5 Å². The maximum atomic E-state index is 13.3. The first kappa shape index (κ1) is 29.0. The van der Waals surface area contributed by atoms with Crippen LogP contribution in [-0.4, -0.2) is 67.7 Å². The van der Waals surface area contributed by atoms with Crippen LogP contribution in [0.5, 0.6) is 17.2 Å². The Balaban J connectivity index is 2.18. The largest absolute Gasteiger partial charge is 0.508 e. The number of guanidine groups is 1. The summed E-state index contributed by atoms with van der Waals surface area (Å²) in [6.45, 7) is 0.209. The second-order valence-corrected chi connectivity index (χ2v) is 8.79. The lowest BCUT2D eigenvalue weighted by Gasteiger charge is -2.23. The highest BCUT2D eigenvalue weighted by molar-refractivity contribution is 5.92. The maximum absolute atomic E-state index is 13.3. The van der Waals surface area contributed by atoms with E-state index < -0.39 is 35.8 Å². The van der Waals surface area contributed by atoms with E-state index in [0.29, 0.717) is 29.0 Å². The molecule has 0 saturated heterocycles. The number of phenols is 1. The van der Waals surface area contributed by atoms with Gasteiger partial charge in [0.15, 0.2) is 17.5 Å². The predicted octanol–water partition coefficient (Wildman–Crippen LogP) is -0.970. The van der Waals surface area contributed by atoms with Crippen LogP contribution in [0.25, 0.3) is 0 Å². The van der Waals surface area contributed by atoms with Crippen molar-refractivity contribution in [1.29, 1.82) is 0 Å². The number of hydrogen-bond donors (Lipinski definition) is 7. The van der Waals surface area contributed by atoms with Gasteiger partial charge in [-0.3, -0.25) is 19.4 Å². The van der Waals surface area contributed by atoms with Crippen molar-refractivity contribution >= 4 is 23.7 Å². The third-order valence-corrected chi connectivity index (χ3v) is 5.82. The van der Waals surface area contributed by atoms with Crippen molar-refractivity contribution in [2.45, 2.75) is 43.8 Å². The molecule has 3 amide bonds. The van der Waals surface area contributed by atoms with Crippen molar-refractivity contribution in [2.24, 2.45) is 27.9 Å². The average molecular weight is 545 g/mol. The predicted molar refractivity (Wildman–Crippen MR) is 146 cm³/mol. The number of aromatic hydroxyl groups is 1. The lowest BCUT2D eigenvalue weighted by atomic mass is 10.0. The topological polar surface area (TPSA) is 230 Å². The van der Waals surface area contributed by atoms with Crippen molar-refractivity contribution in [1.82, 2.24) is 10.6 Å². The summed E-state index contributed by atoms with van der Waals surface area (Å²) in [6.07, 6.45) is 0.666. The molecule has 13 nitrogen and oxygen atoms in total. The molecule has 0 bridgehead atoms. The number of nitrogens with zero attached hydrogens (tertiary/aromatic N) is 1. The number of methoxy groups -OCH3 is 2. The van der Waals surface area contributed by atoms with E-state index in [1.807, 2.05) is 0 Å². The molecule has 0 saturated carbocycles. The van der Waals surface area contributed by atoms with E-state index >= 15 is 0 Å². The Morgan fingerprint density at radius 3 is 2.15 bits per heavy atom. The highest BCUT2D eigenvalue weighted by Gasteiger charge is 2.27. The Labute approximate surface area is 228 Å². The van der Waals surface area contributed by atoms with Gasteiger partial charge in [0.1, 0.15) is 19.2 Å². The second kappa shape index (κ2) is 15.0. The minimum Gasteiger partial charge on any atom is -0.508 e. The Morgan fingerprint density at radius 1 is 0.923 bits per heavy atom. The van der Waals surface area contributed by atoms with E-state index in [1.165, 1.54) is 26.4 Å². The zero-order valence-corrected chi connectivity index (χ0v) is 22.0. The molecule has 2 aromatic rings. The Kier molecular flexibility index (Phi) is 11.2. The molecule has 0 spiro atoms. The maximum Gasteiger partial charge on any atom is 0.243 e. The van der Waals surface area contributed by atoms with Crippen molar-refractivity contribution in [3.63, 3.8) is 0 Å². The van der Waals surface area contributed by atoms with E-state index in [4.69, 9.17) is 28.1 Å². The molecule has 0 aliphatic heterocycles. The number of carbonyl (C=O) groups is 3. The summed E-state index contributed by atoms with van der Waals surface area (Å²) in [5, 5.41) is 14.7. The normalized spacial score (nSPS) is 13.2. The molecule has 13 heteroatoms. The fourth-order valence-corrected chi connectivity index (χ4v) is 3.74. The lowest BCUT2D eigenvalue weighted by Crippen LogP contribution is -2.56. The number of aliphatic imine (C=N–C) groups is 1. The summed E-state index contributed by atoms with van der Waals surface area (Å²) < 4.78 is 18.1. The summed E-state index contributed by atoms with van der Waals surface area (Å²) in [4.78, 5) is 42.5. The molecule has 0 aliphatic carbocycles. The number of ether oxygens (including phenoxy) is 2. The van der Waals surface area contributed by atoms with Gasteiger partial charge in [0.2, 0.25) is 17.7 Å². The third kappa shape index (κ3) is 10.0. The fraction of sp³-hybridized carbons (Fsp3) is 0.385. The molecule has 0 fully saturated rings. The highest BCUT2D eigenvalue weighted by Crippen LogP contribution is 2.28. The molecule has 212 valence electrons. The molecule has 2 aromatic carbocycles. The minimum absolute atomic E-state index is 0.0633. The molecular formula is C26H37N7O6. The zero-order valence-electron chi connectivity index (χ0n) is 23.0. The zero-order chi connectivity index (χ0) is 29.7. The Hall–Kier alpha value is -4.52. The first-order valence-corrected chi connectivity index (χ1v) is 12.2. The van der Waals surface area contributed by atoms with E-state index in [0.717, 1.165) is 0 Å². The summed E-state index contributed by atoms with van der Waals surface area (Å²) in [7, 11) is 2.97. The molecule has 0 heterocycles. The Bertz CT molecular complexity index is 1170. The van der Waals surface area contributed by atoms with Crippen LogP contribution in [0.3, 0.4) is 0 Å². The van der Waals surface area contributed by atoms with Gasteiger partial charge in [-0.1, -0.05) is 18.2 Å². The number of carbonyl (C=O) groups excluding carboxylic acids is 3. The van der Waals surface area contributed by atoms with E-state index in [2.05, 4.69) is 21.4 Å². The van der Waals surface area contributed by atoms with Gasteiger partial charge in [-0.15, -0.1) is 0 Å². The third-order valence-electron chi connectivity index (χ3n) is 5.82. The molecule has 39 heavy (non-hydrogen) atoms. The van der Waals surface area contributed by atoms with Gasteiger partial charge in [0.05, 0.1) is 20.3 Å². The van der Waals surface area contributed by atoms with Crippen molar-refractivity contribution in [3.8, 4) is 17.2 Å². The van der Waals surface area contributed by atoms with Crippen molar-refractivity contribution < 1.29 is 30.4 Å². The van der Waals surface area contributed by atoms with Crippen LogP contribution in [0.1, 0.15) is 24.0 Å². The van der Waals surface area contributed by atoms with Crippen molar-refractivity contribution in [2.75, 3.05) is 20.8 Å². The monoisotopic (exact) mass is 544 g/mol. The molecule has 0 radical (unpaired) electrons. The molecule has 11 N–H and O–H groups in total. The number of phenolic OH excluding ortho intramolecular Hbond substituents is 1. The fourth-order valence-electron chi connectivity index (χ4n) is 3.74. The molecule has 0 aromatic heterocycles. The number of rotatable bonds is 16. The number of nitrogens with two attached hydrogens (primary N) is 4. The number of primary amides is 1. The van der Waals surface area contributed by atoms with Crippen LogP contribution in [0, 0.1) is 0 Å². The average Bonchev–Trinajstić information content (AvgIpc) is 2.93. The highest BCUT2D eigenvalue weighted by atomic mass is 16.5. The molecule has 2 rings (SSSR count). The second-order valence-electron chi connectivity index (χ2n) is 8.79. The Morgan fingerprint density at radius 2 is 1.56 bits per heavy atom. The summed E-state index contributed by atoms with van der Waals surface area (Å²) in [6, 6.07) is 8.06. The van der Waals surface area contributed by atoms with Crippen LogP contribution in [0.15, 0.2) is 47.5 Å². The summed E-state index contributed by atoms with van der Waals surface area (Å²) >= 11 is 0. The molecule has 3 atom stereocenters. The first-order valence-electron chi connectivity index (χ1n) is 12.7. The number of nitrogens with one attached hydrogen (secondary N) is 2. The summed E-state index contributed by atoms with van der Waals surface area (Å²) in [5.74, 6) is -1.12. The van der Waals surface area contributed by atoms with Gasteiger partial charge in [-0.25, -0.2) is 0 Å². The van der Waals surface area contributed by atoms with Crippen LogP contribution in [-0.2, 0) is 27.2 Å². The van der Waals surface area contributed by atoms with Crippen LogP contribution in [0.4, 0.5) is 0 Å². The van der Waals surface area contributed by atoms with Crippen LogP contribution >= 0.6 is 0 Å². The van der Waals surface area contributed by atoms with Crippen molar-refractivity contribution in [3.05, 3.63) is 53.6 Å². The number of benzene rings is 2. The first-order chi connectivity index (χ1) is 19.1. The smallest absolute Gasteiger partial charge is 0.243 e. The standard InChI is InChI=1S/C26H37N7O6/c1-38-21-10-7-16(14-22(21)39-2)13-20(23(28)35)33-25(37)19(4-3-11-31-26(29)30)32-24(36)18(27)12-15-5-8-17(34)9-6-15/h5-10,14,18-20,34H,3-4,11-13,27H2,1-2H3,(H2,28,35)(H,32,36)(H,33,37)(H4,29,30,31)/t18-,19-,20-/m0/s1/i/hD. The van der Waals surface area contributed by atoms with Gasteiger partial charge in [0, 0.05) is 13.0 Å². The minimum atomic E-state index is -1.09. The van der Waals surface area contributed by atoms with E-state index in [-0.39, 0.29) is 37.5 Å². The van der Waals surface area contributed by atoms with Crippen LogP contribution < -0.4 is 43.0 Å². The van der Waals surface area contributed by atoms with Gasteiger partial charge in [-0.05, 0) is 54.7 Å². The quantitative estimate of drug-likeness (QED) is 0.0781. The van der Waals surface area contributed by atoms with Gasteiger partial charge in [0.25, 0.3) is 0 Å².